The third kappa shape index (κ3) is 25.3. The van der Waals surface area contributed by atoms with E-state index in [-0.39, 0.29) is 12.6 Å². The maximum absolute atomic E-state index is 10.5. The van der Waals surface area contributed by atoms with Gasteiger partial charge in [-0.25, -0.2) is 0 Å². The first kappa shape index (κ1) is 42.4. The second kappa shape index (κ2) is 31.4. The second-order valence-corrected chi connectivity index (χ2v) is 12.8. The molecule has 258 valence electrons. The third-order valence-electron chi connectivity index (χ3n) is 8.74. The van der Waals surface area contributed by atoms with Crippen molar-refractivity contribution < 1.29 is 35.1 Å². The molecule has 0 fully saturated rings. The van der Waals surface area contributed by atoms with Crippen LogP contribution in [0, 0.1) is 0 Å². The fourth-order valence-electron chi connectivity index (χ4n) is 5.66. The van der Waals surface area contributed by atoms with E-state index in [0.29, 0.717) is 19.6 Å². The molecule has 0 aromatic heterocycles. The molecule has 5 N–H and O–H groups in total. The van der Waals surface area contributed by atoms with Gasteiger partial charge in [-0.1, -0.05) is 129 Å². The smallest absolute Gasteiger partial charge is 0.119 e. The minimum Gasteiger partial charge on any atom is -0.394 e. The molecule has 0 aromatic carbocycles. The second-order valence-electron chi connectivity index (χ2n) is 12.8. The molecule has 5 unspecified atom stereocenters. The molecule has 0 aromatic rings. The zero-order chi connectivity index (χ0) is 32.0. The first-order valence-electron chi connectivity index (χ1n) is 17.9. The van der Waals surface area contributed by atoms with Crippen LogP contribution in [0.5, 0.6) is 0 Å². The lowest BCUT2D eigenvalue weighted by molar-refractivity contribution is -0.121. The molecule has 5 atom stereocenters. The fourth-order valence-corrected chi connectivity index (χ4v) is 5.66. The number of carbonyl (C=O) groups is 1. The molecule has 0 amide bonds. The van der Waals surface area contributed by atoms with Crippen LogP contribution in [0.15, 0.2) is 0 Å². The average Bonchev–Trinajstić information content (AvgIpc) is 3.01. The summed E-state index contributed by atoms with van der Waals surface area (Å²) >= 11 is 0. The summed E-state index contributed by atoms with van der Waals surface area (Å²) in [6.45, 7) is 2.95. The lowest BCUT2D eigenvalue weighted by Crippen LogP contribution is -2.51. The Morgan fingerprint density at radius 3 is 1.56 bits per heavy atom. The van der Waals surface area contributed by atoms with E-state index < -0.39 is 31.0 Å². The predicted molar refractivity (Wildman–Crippen MR) is 176 cm³/mol. The SMILES string of the molecule is CCCCCCCCCCCCCCCCC(COCCCCCCCCCC=O)N(C)CC(O)C(O)C(O)C(O)CO. The number of rotatable bonds is 34. The molecule has 0 radical (unpaired) electrons. The Labute approximate surface area is 264 Å². The summed E-state index contributed by atoms with van der Waals surface area (Å²) in [4.78, 5) is 12.4. The van der Waals surface area contributed by atoms with Gasteiger partial charge in [0.1, 0.15) is 24.6 Å². The van der Waals surface area contributed by atoms with Crippen molar-refractivity contribution in [2.24, 2.45) is 0 Å². The van der Waals surface area contributed by atoms with Crippen molar-refractivity contribution in [3.8, 4) is 0 Å². The summed E-state index contributed by atoms with van der Waals surface area (Å²) in [7, 11) is 1.90. The van der Waals surface area contributed by atoms with Gasteiger partial charge in [-0.05, 0) is 26.3 Å². The number of carbonyl (C=O) groups excluding carboxylic acids is 1. The Morgan fingerprint density at radius 1 is 0.628 bits per heavy atom. The van der Waals surface area contributed by atoms with Crippen LogP contribution < -0.4 is 0 Å². The molecule has 0 rings (SSSR count). The molecular weight excluding hydrogens is 546 g/mol. The van der Waals surface area contributed by atoms with Gasteiger partial charge in [0.2, 0.25) is 0 Å². The number of likely N-dealkylation sites (N-methyl/N-ethyl adjacent to an activating group) is 1. The van der Waals surface area contributed by atoms with Gasteiger partial charge in [-0.3, -0.25) is 4.90 Å². The van der Waals surface area contributed by atoms with Crippen molar-refractivity contribution in [3.05, 3.63) is 0 Å². The highest BCUT2D eigenvalue weighted by atomic mass is 16.5. The first-order chi connectivity index (χ1) is 20.9. The molecule has 8 heteroatoms. The summed E-state index contributed by atoms with van der Waals surface area (Å²) in [5.41, 5.74) is 0. The summed E-state index contributed by atoms with van der Waals surface area (Å²) in [6.07, 6.45) is 22.9. The lowest BCUT2D eigenvalue weighted by Gasteiger charge is -2.33. The number of unbranched alkanes of at least 4 members (excludes halogenated alkanes) is 20. The van der Waals surface area contributed by atoms with E-state index in [1.165, 1.54) is 103 Å². The van der Waals surface area contributed by atoms with Crippen LogP contribution in [-0.2, 0) is 9.53 Å². The molecule has 0 aliphatic rings. The number of hydrogen-bond acceptors (Lipinski definition) is 8. The van der Waals surface area contributed by atoms with Crippen molar-refractivity contribution in [2.45, 2.75) is 185 Å². The normalized spacial score (nSPS) is 15.4. The molecule has 0 spiro atoms. The Bertz CT molecular complexity index is 582. The van der Waals surface area contributed by atoms with Gasteiger partial charge >= 0.3 is 0 Å². The van der Waals surface area contributed by atoms with E-state index in [1.807, 2.05) is 11.9 Å². The van der Waals surface area contributed by atoms with Gasteiger partial charge in [0, 0.05) is 25.6 Å². The number of aliphatic hydroxyl groups excluding tert-OH is 5. The number of aldehydes is 1. The van der Waals surface area contributed by atoms with Crippen LogP contribution in [0.3, 0.4) is 0 Å². The topological polar surface area (TPSA) is 131 Å². The zero-order valence-corrected chi connectivity index (χ0v) is 28.1. The van der Waals surface area contributed by atoms with Crippen LogP contribution in [0.4, 0.5) is 0 Å². The molecule has 43 heavy (non-hydrogen) atoms. The molecule has 8 nitrogen and oxygen atoms in total. The summed E-state index contributed by atoms with van der Waals surface area (Å²) in [5, 5.41) is 49.4. The molecule has 0 saturated carbocycles. The first-order valence-corrected chi connectivity index (χ1v) is 17.9. The largest absolute Gasteiger partial charge is 0.394 e. The van der Waals surface area contributed by atoms with Crippen LogP contribution in [-0.4, -0.2) is 101 Å². The number of ether oxygens (including phenoxy) is 1. The zero-order valence-electron chi connectivity index (χ0n) is 28.1. The molecule has 0 bridgehead atoms. The standard InChI is InChI=1S/C35H71NO7/c1-3-4-5-6-7-8-9-10-11-12-13-16-19-22-25-31(30-43-27-24-21-18-15-14-17-20-23-26-37)36(2)28-32(39)34(41)35(42)33(40)29-38/h26,31-35,38-42H,3-25,27-30H2,1-2H3. The summed E-state index contributed by atoms with van der Waals surface area (Å²) in [5.74, 6) is 0. The summed E-state index contributed by atoms with van der Waals surface area (Å²) < 4.78 is 6.04. The number of aliphatic hydroxyl groups is 5. The molecule has 0 saturated heterocycles. The summed E-state index contributed by atoms with van der Waals surface area (Å²) in [6, 6.07) is 0.0805. The number of nitrogens with zero attached hydrogens (tertiary/aromatic N) is 1. The fraction of sp³-hybridized carbons (Fsp3) is 0.971. The highest BCUT2D eigenvalue weighted by molar-refractivity contribution is 5.48. The average molecular weight is 618 g/mol. The van der Waals surface area contributed by atoms with Gasteiger partial charge in [0.25, 0.3) is 0 Å². The van der Waals surface area contributed by atoms with E-state index in [4.69, 9.17) is 9.84 Å². The van der Waals surface area contributed by atoms with Gasteiger partial charge in [0.05, 0.1) is 19.3 Å². The maximum Gasteiger partial charge on any atom is 0.119 e. The Morgan fingerprint density at radius 2 is 1.07 bits per heavy atom. The molecule has 0 heterocycles. The van der Waals surface area contributed by atoms with E-state index in [9.17, 15) is 25.2 Å². The van der Waals surface area contributed by atoms with E-state index >= 15 is 0 Å². The highest BCUT2D eigenvalue weighted by Gasteiger charge is 2.31. The van der Waals surface area contributed by atoms with Crippen LogP contribution in [0.25, 0.3) is 0 Å². The predicted octanol–water partition coefficient (Wildman–Crippen LogP) is 5.93. The van der Waals surface area contributed by atoms with Crippen LogP contribution in [0.1, 0.15) is 155 Å². The van der Waals surface area contributed by atoms with E-state index in [0.717, 1.165) is 44.8 Å². The Hall–Kier alpha value is -0.610. The van der Waals surface area contributed by atoms with Crippen molar-refractivity contribution in [1.82, 2.24) is 4.90 Å². The third-order valence-corrected chi connectivity index (χ3v) is 8.74. The van der Waals surface area contributed by atoms with Crippen molar-refractivity contribution in [3.63, 3.8) is 0 Å². The van der Waals surface area contributed by atoms with Crippen LogP contribution >= 0.6 is 0 Å². The van der Waals surface area contributed by atoms with Gasteiger partial charge in [-0.15, -0.1) is 0 Å². The minimum absolute atomic E-state index is 0.0805. The Kier molecular flexibility index (Phi) is 30.9. The quantitative estimate of drug-likeness (QED) is 0.0444. The molecule has 0 aliphatic carbocycles. The molecule has 0 aliphatic heterocycles. The number of hydrogen-bond donors (Lipinski definition) is 5. The highest BCUT2D eigenvalue weighted by Crippen LogP contribution is 2.17. The van der Waals surface area contributed by atoms with Crippen molar-refractivity contribution in [1.29, 1.82) is 0 Å². The monoisotopic (exact) mass is 618 g/mol. The minimum atomic E-state index is -1.61. The van der Waals surface area contributed by atoms with E-state index in [1.54, 1.807) is 0 Å². The van der Waals surface area contributed by atoms with Crippen LogP contribution in [0.2, 0.25) is 0 Å². The van der Waals surface area contributed by atoms with Gasteiger partial charge < -0.3 is 35.1 Å². The molecular formula is C35H71NO7. The van der Waals surface area contributed by atoms with Crippen molar-refractivity contribution >= 4 is 6.29 Å². The lowest BCUT2D eigenvalue weighted by atomic mass is 10.0. The van der Waals surface area contributed by atoms with Gasteiger partial charge in [-0.2, -0.15) is 0 Å². The van der Waals surface area contributed by atoms with E-state index in [2.05, 4.69) is 6.92 Å². The Balaban J connectivity index is 4.34. The van der Waals surface area contributed by atoms with Crippen molar-refractivity contribution in [2.75, 3.05) is 33.4 Å². The van der Waals surface area contributed by atoms with Gasteiger partial charge in [0.15, 0.2) is 0 Å². The maximum atomic E-state index is 10.5.